The quantitative estimate of drug-likeness (QED) is 0.462. The van der Waals surface area contributed by atoms with Crippen LogP contribution in [-0.4, -0.2) is 16.6 Å². The number of aliphatic carboxylic acids is 1. The van der Waals surface area contributed by atoms with Crippen molar-refractivity contribution in [3.63, 3.8) is 0 Å². The summed E-state index contributed by atoms with van der Waals surface area (Å²) in [5.41, 5.74) is 9.24. The molecular weight excluding hydrogens is 386 g/mol. The molecule has 0 aliphatic heterocycles. The topological polar surface area (TPSA) is 72.6 Å². The van der Waals surface area contributed by atoms with Gasteiger partial charge in [0.25, 0.3) is 0 Å². The number of ether oxygens (including phenoxy) is 1. The minimum Gasteiger partial charge on any atom is -0.480 e. The third kappa shape index (κ3) is 3.56. The van der Waals surface area contributed by atoms with Gasteiger partial charge in [-0.3, -0.25) is 4.79 Å². The summed E-state index contributed by atoms with van der Waals surface area (Å²) in [7, 11) is 0. The molecule has 1 aliphatic rings. The van der Waals surface area contributed by atoms with Crippen molar-refractivity contribution in [1.82, 2.24) is 0 Å². The zero-order chi connectivity index (χ0) is 21.4. The highest BCUT2D eigenvalue weighted by atomic mass is 16.5. The Bertz CT molecular complexity index is 1280. The van der Waals surface area contributed by atoms with E-state index >= 15 is 0 Å². The first-order valence-corrected chi connectivity index (χ1v) is 10.4. The van der Waals surface area contributed by atoms with Gasteiger partial charge in [0.1, 0.15) is 17.0 Å². The van der Waals surface area contributed by atoms with Crippen LogP contribution in [0, 0.1) is 0 Å². The van der Waals surface area contributed by atoms with Crippen LogP contribution in [0.3, 0.4) is 0 Å². The lowest BCUT2D eigenvalue weighted by molar-refractivity contribution is -0.143. The van der Waals surface area contributed by atoms with Gasteiger partial charge >= 0.3 is 5.97 Å². The predicted molar refractivity (Wildman–Crippen MR) is 122 cm³/mol. The molecule has 0 bridgehead atoms. The first kappa shape index (κ1) is 19.3. The highest BCUT2D eigenvalue weighted by Crippen LogP contribution is 2.38. The zero-order valence-corrected chi connectivity index (χ0v) is 17.0. The Kier molecular flexibility index (Phi) is 4.72. The number of nitrogens with two attached hydrogens (primary N) is 1. The lowest BCUT2D eigenvalue weighted by atomic mass is 9.78. The van der Waals surface area contributed by atoms with Crippen molar-refractivity contribution < 1.29 is 14.6 Å². The van der Waals surface area contributed by atoms with Gasteiger partial charge in [0.05, 0.1) is 0 Å². The number of aryl methyl sites for hydroxylation is 1. The Labute approximate surface area is 180 Å². The summed E-state index contributed by atoms with van der Waals surface area (Å²) in [4.78, 5) is 11.6. The van der Waals surface area contributed by atoms with Crippen LogP contribution in [0.1, 0.15) is 17.5 Å². The lowest BCUT2D eigenvalue weighted by Gasteiger charge is -2.31. The van der Waals surface area contributed by atoms with Crippen LogP contribution in [0.25, 0.3) is 21.9 Å². The van der Waals surface area contributed by atoms with Gasteiger partial charge in [0, 0.05) is 11.8 Å². The summed E-state index contributed by atoms with van der Waals surface area (Å²) in [6.07, 6.45) is 1.41. The molecule has 4 aromatic rings. The average Bonchev–Trinajstić information content (AvgIpc) is 2.79. The van der Waals surface area contributed by atoms with Gasteiger partial charge in [-0.1, -0.05) is 66.7 Å². The molecule has 4 heteroatoms. The Balaban J connectivity index is 1.56. The van der Waals surface area contributed by atoms with Gasteiger partial charge < -0.3 is 15.6 Å². The summed E-state index contributed by atoms with van der Waals surface area (Å²) in [5.74, 6) is 0.500. The smallest absolute Gasteiger partial charge is 0.324 e. The summed E-state index contributed by atoms with van der Waals surface area (Å²) in [5, 5.41) is 11.7. The van der Waals surface area contributed by atoms with Gasteiger partial charge in [0.15, 0.2) is 0 Å². The van der Waals surface area contributed by atoms with Crippen LogP contribution in [0.4, 0.5) is 0 Å². The summed E-state index contributed by atoms with van der Waals surface area (Å²) >= 11 is 0. The molecule has 5 rings (SSSR count). The molecule has 1 atom stereocenters. The van der Waals surface area contributed by atoms with Gasteiger partial charge in [-0.2, -0.15) is 0 Å². The minimum atomic E-state index is -1.22. The number of fused-ring (bicyclic) bond motifs is 2. The minimum absolute atomic E-state index is 0.305. The number of hydrogen-bond donors (Lipinski definition) is 2. The Morgan fingerprint density at radius 1 is 0.903 bits per heavy atom. The summed E-state index contributed by atoms with van der Waals surface area (Å²) < 4.78 is 6.36. The SMILES string of the molecule is NC1(C(=O)O)CCc2ccc(Oc3cccc4cccc(-c5ccccc5)c34)cc2C1. The second kappa shape index (κ2) is 7.56. The maximum atomic E-state index is 11.6. The van der Waals surface area contributed by atoms with Crippen molar-refractivity contribution in [2.24, 2.45) is 5.73 Å². The van der Waals surface area contributed by atoms with Crippen molar-refractivity contribution in [2.75, 3.05) is 0 Å². The number of carbonyl (C=O) groups is 1. The standard InChI is InChI=1S/C27H23NO3/c28-27(26(29)30)15-14-18-12-13-22(16-21(18)17-27)31-24-11-5-9-20-8-4-10-23(25(20)24)19-6-2-1-3-7-19/h1-13,16H,14-15,17,28H2,(H,29,30). The molecule has 1 unspecified atom stereocenters. The van der Waals surface area contributed by atoms with E-state index in [0.29, 0.717) is 25.0 Å². The molecule has 0 radical (unpaired) electrons. The zero-order valence-electron chi connectivity index (χ0n) is 17.0. The number of rotatable bonds is 4. The Hall–Kier alpha value is -3.63. The third-order valence-electron chi connectivity index (χ3n) is 6.13. The molecule has 0 spiro atoms. The molecule has 0 heterocycles. The maximum absolute atomic E-state index is 11.6. The van der Waals surface area contributed by atoms with E-state index in [4.69, 9.17) is 10.5 Å². The van der Waals surface area contributed by atoms with E-state index in [9.17, 15) is 9.90 Å². The molecule has 0 fully saturated rings. The average molecular weight is 409 g/mol. The van der Waals surface area contributed by atoms with E-state index < -0.39 is 11.5 Å². The van der Waals surface area contributed by atoms with E-state index in [1.54, 1.807) is 0 Å². The van der Waals surface area contributed by atoms with Crippen LogP contribution in [0.5, 0.6) is 11.5 Å². The number of hydrogen-bond acceptors (Lipinski definition) is 3. The molecule has 4 nitrogen and oxygen atoms in total. The van der Waals surface area contributed by atoms with E-state index in [-0.39, 0.29) is 0 Å². The normalized spacial score (nSPS) is 17.8. The monoisotopic (exact) mass is 409 g/mol. The fraction of sp³-hybridized carbons (Fsp3) is 0.148. The molecule has 0 saturated carbocycles. The van der Waals surface area contributed by atoms with Crippen molar-refractivity contribution >= 4 is 16.7 Å². The van der Waals surface area contributed by atoms with Crippen LogP contribution < -0.4 is 10.5 Å². The van der Waals surface area contributed by atoms with Crippen LogP contribution in [0.2, 0.25) is 0 Å². The second-order valence-electron chi connectivity index (χ2n) is 8.20. The Morgan fingerprint density at radius 3 is 2.45 bits per heavy atom. The lowest BCUT2D eigenvalue weighted by Crippen LogP contribution is -2.52. The first-order valence-electron chi connectivity index (χ1n) is 10.4. The second-order valence-corrected chi connectivity index (χ2v) is 8.20. The molecule has 0 aromatic heterocycles. The van der Waals surface area contributed by atoms with Crippen molar-refractivity contribution in [1.29, 1.82) is 0 Å². The summed E-state index contributed by atoms with van der Waals surface area (Å²) in [6.45, 7) is 0. The van der Waals surface area contributed by atoms with Crippen LogP contribution in [-0.2, 0) is 17.6 Å². The molecule has 0 amide bonds. The molecule has 0 saturated heterocycles. The van der Waals surface area contributed by atoms with E-state index in [1.807, 2.05) is 48.5 Å². The van der Waals surface area contributed by atoms with Crippen molar-refractivity contribution in [2.45, 2.75) is 24.8 Å². The van der Waals surface area contributed by atoms with E-state index in [0.717, 1.165) is 38.8 Å². The molecule has 3 N–H and O–H groups in total. The fourth-order valence-corrected chi connectivity index (χ4v) is 4.42. The largest absolute Gasteiger partial charge is 0.480 e. The highest BCUT2D eigenvalue weighted by Gasteiger charge is 2.37. The van der Waals surface area contributed by atoms with Gasteiger partial charge in [-0.05, 0) is 58.7 Å². The number of carboxylic acids is 1. The van der Waals surface area contributed by atoms with Crippen LogP contribution in [0.15, 0.2) is 84.9 Å². The fourth-order valence-electron chi connectivity index (χ4n) is 4.42. The maximum Gasteiger partial charge on any atom is 0.324 e. The molecule has 31 heavy (non-hydrogen) atoms. The molecular formula is C27H23NO3. The van der Waals surface area contributed by atoms with Gasteiger partial charge in [-0.15, -0.1) is 0 Å². The van der Waals surface area contributed by atoms with Gasteiger partial charge in [-0.25, -0.2) is 0 Å². The molecule has 154 valence electrons. The summed E-state index contributed by atoms with van der Waals surface area (Å²) in [6, 6.07) is 28.4. The first-order chi connectivity index (χ1) is 15.0. The van der Waals surface area contributed by atoms with Crippen LogP contribution >= 0.6 is 0 Å². The molecule has 4 aromatic carbocycles. The predicted octanol–water partition coefficient (Wildman–Crippen LogP) is 5.57. The highest BCUT2D eigenvalue weighted by molar-refractivity contribution is 6.01. The van der Waals surface area contributed by atoms with Crippen molar-refractivity contribution in [3.05, 3.63) is 96.1 Å². The molecule has 1 aliphatic carbocycles. The Morgan fingerprint density at radius 2 is 1.68 bits per heavy atom. The number of carboxylic acid groups (broad SMARTS) is 1. The van der Waals surface area contributed by atoms with E-state index in [1.165, 1.54) is 0 Å². The van der Waals surface area contributed by atoms with Gasteiger partial charge in [0.2, 0.25) is 0 Å². The number of benzene rings is 4. The third-order valence-corrected chi connectivity index (χ3v) is 6.13. The van der Waals surface area contributed by atoms with E-state index in [2.05, 4.69) is 36.4 Å². The van der Waals surface area contributed by atoms with Crippen molar-refractivity contribution in [3.8, 4) is 22.6 Å².